The number of oxazole rings is 1. The summed E-state index contributed by atoms with van der Waals surface area (Å²) in [6.07, 6.45) is 7.92. The third-order valence-electron chi connectivity index (χ3n) is 4.75. The molecule has 1 aromatic carbocycles. The molecular weight excluding hydrogens is 347 g/mol. The van der Waals surface area contributed by atoms with Crippen LogP contribution < -0.4 is 0 Å². The molecule has 0 bridgehead atoms. The monoisotopic (exact) mass is 372 g/mol. The van der Waals surface area contributed by atoms with Gasteiger partial charge in [0.25, 0.3) is 0 Å². The van der Waals surface area contributed by atoms with Crippen LogP contribution in [0.3, 0.4) is 0 Å². The van der Waals surface area contributed by atoms with Crippen LogP contribution in [0.15, 0.2) is 47.2 Å². The molecule has 0 radical (unpaired) electrons. The van der Waals surface area contributed by atoms with Gasteiger partial charge in [-0.2, -0.15) is 0 Å². The second-order valence-electron chi connectivity index (χ2n) is 6.64. The first-order valence-electron chi connectivity index (χ1n) is 9.42. The van der Waals surface area contributed by atoms with E-state index in [1.165, 1.54) is 12.1 Å². The molecule has 0 fully saturated rings. The van der Waals surface area contributed by atoms with Crippen molar-refractivity contribution in [3.05, 3.63) is 60.1 Å². The summed E-state index contributed by atoms with van der Waals surface area (Å²) >= 11 is 0. The van der Waals surface area contributed by atoms with Crippen molar-refractivity contribution < 1.29 is 18.3 Å². The first-order valence-corrected chi connectivity index (χ1v) is 9.42. The lowest BCUT2D eigenvalue weighted by Gasteiger charge is -2.26. The first-order chi connectivity index (χ1) is 13.2. The predicted molar refractivity (Wildman–Crippen MR) is 100 cm³/mol. The molecule has 0 spiro atoms. The Balaban J connectivity index is 1.51. The van der Waals surface area contributed by atoms with Crippen molar-refractivity contribution >= 4 is 11.5 Å². The second kappa shape index (κ2) is 9.46. The largest absolute Gasteiger partial charge is 0.457 e. The molecule has 1 aliphatic rings. The second-order valence-corrected chi connectivity index (χ2v) is 6.64. The Morgan fingerprint density at radius 3 is 2.81 bits per heavy atom. The van der Waals surface area contributed by atoms with Gasteiger partial charge in [0, 0.05) is 25.1 Å². The highest BCUT2D eigenvalue weighted by Crippen LogP contribution is 2.25. The minimum atomic E-state index is -0.332. The third-order valence-corrected chi connectivity index (χ3v) is 4.75. The first kappa shape index (κ1) is 19.3. The van der Waals surface area contributed by atoms with Crippen molar-refractivity contribution in [2.24, 2.45) is 0 Å². The van der Waals surface area contributed by atoms with Crippen LogP contribution in [0.25, 0.3) is 5.57 Å². The topological polar surface area (TPSA) is 55.6 Å². The zero-order valence-electron chi connectivity index (χ0n) is 15.6. The van der Waals surface area contributed by atoms with E-state index in [1.807, 2.05) is 0 Å². The fraction of sp³-hybridized carbons (Fsp3) is 0.429. The number of hydrogen-bond acceptors (Lipinski definition) is 5. The Morgan fingerprint density at radius 1 is 1.37 bits per heavy atom. The molecule has 3 rings (SSSR count). The molecule has 0 amide bonds. The van der Waals surface area contributed by atoms with E-state index in [4.69, 9.17) is 9.15 Å². The number of benzene rings is 1. The quantitative estimate of drug-likeness (QED) is 0.644. The Labute approximate surface area is 158 Å². The van der Waals surface area contributed by atoms with Crippen LogP contribution in [0.1, 0.15) is 50.2 Å². The van der Waals surface area contributed by atoms with Gasteiger partial charge >= 0.3 is 5.97 Å². The fourth-order valence-electron chi connectivity index (χ4n) is 3.20. The van der Waals surface area contributed by atoms with E-state index in [0.717, 1.165) is 43.6 Å². The van der Waals surface area contributed by atoms with Gasteiger partial charge in [-0.25, -0.2) is 9.37 Å². The predicted octanol–water partition coefficient (Wildman–Crippen LogP) is 4.38. The van der Waals surface area contributed by atoms with Crippen LogP contribution in [-0.4, -0.2) is 35.5 Å². The molecule has 1 aromatic heterocycles. The lowest BCUT2D eigenvalue weighted by molar-refractivity contribution is -0.149. The zero-order valence-corrected chi connectivity index (χ0v) is 15.6. The number of halogens is 1. The van der Waals surface area contributed by atoms with E-state index in [2.05, 4.69) is 16.0 Å². The number of nitrogens with zero attached hydrogens (tertiary/aromatic N) is 2. The van der Waals surface area contributed by atoms with Crippen molar-refractivity contribution in [1.82, 2.24) is 9.88 Å². The smallest absolute Gasteiger partial charge is 0.306 e. The number of esters is 1. The molecule has 0 N–H and O–H groups in total. The summed E-state index contributed by atoms with van der Waals surface area (Å²) in [5.41, 5.74) is 1.99. The van der Waals surface area contributed by atoms with Gasteiger partial charge < -0.3 is 9.15 Å². The summed E-state index contributed by atoms with van der Waals surface area (Å²) in [6.45, 7) is 4.49. The van der Waals surface area contributed by atoms with Crippen molar-refractivity contribution in [2.75, 3.05) is 19.6 Å². The van der Waals surface area contributed by atoms with Crippen LogP contribution in [0.2, 0.25) is 0 Å². The third kappa shape index (κ3) is 5.50. The minimum Gasteiger partial charge on any atom is -0.457 e. The molecule has 0 saturated heterocycles. The van der Waals surface area contributed by atoms with Gasteiger partial charge in [-0.3, -0.25) is 9.69 Å². The molecule has 1 atom stereocenters. The van der Waals surface area contributed by atoms with Crippen molar-refractivity contribution in [3.8, 4) is 0 Å². The van der Waals surface area contributed by atoms with Gasteiger partial charge in [0.2, 0.25) is 5.89 Å². The van der Waals surface area contributed by atoms with Gasteiger partial charge in [-0.05, 0) is 43.5 Å². The normalized spacial score (nSPS) is 16.0. The van der Waals surface area contributed by atoms with Gasteiger partial charge in [0.05, 0.1) is 6.20 Å². The van der Waals surface area contributed by atoms with Gasteiger partial charge in [0.15, 0.2) is 0 Å². The summed E-state index contributed by atoms with van der Waals surface area (Å²) in [6, 6.07) is 6.19. The molecule has 0 saturated carbocycles. The maximum atomic E-state index is 13.2. The molecule has 2 aromatic rings. The van der Waals surface area contributed by atoms with E-state index in [0.29, 0.717) is 18.7 Å². The van der Waals surface area contributed by atoms with E-state index in [1.54, 1.807) is 31.5 Å². The molecule has 1 aliphatic heterocycles. The van der Waals surface area contributed by atoms with Crippen LogP contribution in [-0.2, 0) is 9.53 Å². The SMILES string of the molecule is CCC(=O)OC(CCCN1CC=C(c2ncco2)CC1)c1ccc(F)cc1. The number of rotatable bonds is 8. The molecule has 2 heterocycles. The molecule has 144 valence electrons. The highest BCUT2D eigenvalue weighted by molar-refractivity contribution is 5.69. The average molecular weight is 372 g/mol. The van der Waals surface area contributed by atoms with Gasteiger partial charge in [0.1, 0.15) is 18.2 Å². The Bertz CT molecular complexity index is 756. The highest BCUT2D eigenvalue weighted by Gasteiger charge is 2.18. The summed E-state index contributed by atoms with van der Waals surface area (Å²) in [5.74, 6) is 0.180. The van der Waals surface area contributed by atoms with Crippen molar-refractivity contribution in [2.45, 2.75) is 38.7 Å². The Hall–Kier alpha value is -2.47. The average Bonchev–Trinajstić information content (AvgIpc) is 3.23. The van der Waals surface area contributed by atoms with E-state index >= 15 is 0 Å². The number of aromatic nitrogens is 1. The number of hydrogen-bond donors (Lipinski definition) is 0. The maximum Gasteiger partial charge on any atom is 0.306 e. The van der Waals surface area contributed by atoms with E-state index < -0.39 is 0 Å². The van der Waals surface area contributed by atoms with Gasteiger partial charge in [-0.15, -0.1) is 0 Å². The summed E-state index contributed by atoms with van der Waals surface area (Å²) in [4.78, 5) is 18.3. The summed E-state index contributed by atoms with van der Waals surface area (Å²) in [5, 5.41) is 0. The fourth-order valence-corrected chi connectivity index (χ4v) is 3.20. The van der Waals surface area contributed by atoms with Crippen molar-refractivity contribution in [3.63, 3.8) is 0 Å². The lowest BCUT2D eigenvalue weighted by atomic mass is 10.0. The number of carbonyl (C=O) groups is 1. The standard InChI is InChI=1S/C21H25FN2O3/c1-2-20(25)27-19(16-5-7-18(22)8-6-16)4-3-12-24-13-9-17(10-14-24)21-23-11-15-26-21/h5-9,11,15,19H,2-4,10,12-14H2,1H3. The van der Waals surface area contributed by atoms with E-state index in [9.17, 15) is 9.18 Å². The zero-order chi connectivity index (χ0) is 19.1. The van der Waals surface area contributed by atoms with Crippen LogP contribution in [0.4, 0.5) is 4.39 Å². The number of carbonyl (C=O) groups excluding carboxylic acids is 1. The highest BCUT2D eigenvalue weighted by atomic mass is 19.1. The minimum absolute atomic E-state index is 0.235. The molecule has 27 heavy (non-hydrogen) atoms. The molecule has 6 heteroatoms. The maximum absolute atomic E-state index is 13.2. The number of ether oxygens (including phenoxy) is 1. The Kier molecular flexibility index (Phi) is 6.76. The molecule has 1 unspecified atom stereocenters. The van der Waals surface area contributed by atoms with Crippen LogP contribution in [0, 0.1) is 5.82 Å². The van der Waals surface area contributed by atoms with Crippen LogP contribution >= 0.6 is 0 Å². The molecular formula is C21H25FN2O3. The summed E-state index contributed by atoms with van der Waals surface area (Å²) < 4.78 is 24.1. The lowest BCUT2D eigenvalue weighted by Crippen LogP contribution is -2.29. The molecule has 0 aliphatic carbocycles. The van der Waals surface area contributed by atoms with Crippen LogP contribution in [0.5, 0.6) is 0 Å². The van der Waals surface area contributed by atoms with Crippen molar-refractivity contribution in [1.29, 1.82) is 0 Å². The summed E-state index contributed by atoms with van der Waals surface area (Å²) in [7, 11) is 0. The Morgan fingerprint density at radius 2 is 2.19 bits per heavy atom. The van der Waals surface area contributed by atoms with Gasteiger partial charge in [-0.1, -0.05) is 25.1 Å². The molecule has 5 nitrogen and oxygen atoms in total. The van der Waals surface area contributed by atoms with E-state index in [-0.39, 0.29) is 17.9 Å².